The van der Waals surface area contributed by atoms with Crippen LogP contribution in [0.2, 0.25) is 0 Å². The molecule has 0 aromatic carbocycles. The summed E-state index contributed by atoms with van der Waals surface area (Å²) in [6.07, 6.45) is 18.0. The molecule has 0 radical (unpaired) electrons. The van der Waals surface area contributed by atoms with Gasteiger partial charge in [0.2, 0.25) is 0 Å². The second kappa shape index (κ2) is 5.11. The number of rotatable bonds is 2. The van der Waals surface area contributed by atoms with E-state index in [4.69, 9.17) is 9.58 Å². The van der Waals surface area contributed by atoms with Crippen molar-refractivity contribution in [1.29, 1.82) is 0 Å². The van der Waals surface area contributed by atoms with Crippen molar-refractivity contribution in [2.24, 2.45) is 0 Å². The average molecular weight is 386 g/mol. The van der Waals surface area contributed by atoms with Gasteiger partial charge in [-0.25, -0.2) is 0 Å². The zero-order chi connectivity index (χ0) is 9.80. The van der Waals surface area contributed by atoms with Crippen LogP contribution >= 0.6 is 9.58 Å². The van der Waals surface area contributed by atoms with Gasteiger partial charge in [0, 0.05) is 0 Å². The van der Waals surface area contributed by atoms with Gasteiger partial charge in [-0.05, 0) is 0 Å². The number of allylic oxidation sites excluding steroid dienone is 8. The predicted octanol–water partition coefficient (Wildman–Crippen LogP) is 4.23. The summed E-state index contributed by atoms with van der Waals surface area (Å²) in [5.41, 5.74) is 0. The van der Waals surface area contributed by atoms with Gasteiger partial charge in [-0.15, -0.1) is 0 Å². The summed E-state index contributed by atoms with van der Waals surface area (Å²) < 4.78 is 3.08. The van der Waals surface area contributed by atoms with Crippen molar-refractivity contribution >= 4 is 9.58 Å². The Labute approximate surface area is 95.2 Å². The molecule has 0 aliphatic heterocycles. The molecule has 0 saturated carbocycles. The van der Waals surface area contributed by atoms with Gasteiger partial charge in [0.05, 0.1) is 0 Å². The first-order valence-corrected chi connectivity index (χ1v) is 10.2. The van der Waals surface area contributed by atoms with Gasteiger partial charge in [-0.3, -0.25) is 0 Å². The molecule has 0 amide bonds. The van der Waals surface area contributed by atoms with E-state index in [1.807, 2.05) is 0 Å². The second-order valence-electron chi connectivity index (χ2n) is 3.28. The molecule has 0 aromatic heterocycles. The Kier molecular flexibility index (Phi) is 3.81. The Morgan fingerprint density at radius 3 is 1.71 bits per heavy atom. The first kappa shape index (κ1) is 10.4. The molecule has 0 heterocycles. The molecule has 2 aliphatic rings. The second-order valence-corrected chi connectivity index (χ2v) is 9.92. The minimum absolute atomic E-state index is 1.08. The summed E-state index contributed by atoms with van der Waals surface area (Å²) in [6, 6.07) is 0. The number of halogens is 1. The van der Waals surface area contributed by atoms with Crippen LogP contribution in [0.3, 0.4) is 0 Å². The van der Waals surface area contributed by atoms with Gasteiger partial charge in [0.15, 0.2) is 0 Å². The number of hydrogen-bond acceptors (Lipinski definition) is 0. The molecule has 0 N–H and O–H groups in total. The van der Waals surface area contributed by atoms with E-state index in [0.29, 0.717) is 0 Å². The molecule has 0 saturated heterocycles. The Morgan fingerprint density at radius 1 is 0.857 bits per heavy atom. The molecule has 0 fully saturated rings. The van der Waals surface area contributed by atoms with E-state index in [-0.39, 0.29) is 0 Å². The summed E-state index contributed by atoms with van der Waals surface area (Å²) in [5.74, 6) is 0. The van der Waals surface area contributed by atoms with Crippen molar-refractivity contribution < 1.29 is 15.5 Å². The Balaban J connectivity index is 2.03. The maximum absolute atomic E-state index is 6.60. The first-order chi connectivity index (χ1) is 6.88. The molecular formula is C12H14ClIr. The first-order valence-electron chi connectivity index (χ1n) is 4.86. The van der Waals surface area contributed by atoms with Crippen LogP contribution in [0.15, 0.2) is 44.6 Å². The summed E-state index contributed by atoms with van der Waals surface area (Å²) in [5, 5.41) is 0. The fourth-order valence-corrected chi connectivity index (χ4v) is 7.02. The fourth-order valence-electron chi connectivity index (χ4n) is 1.50. The van der Waals surface area contributed by atoms with E-state index in [9.17, 15) is 0 Å². The third-order valence-corrected chi connectivity index (χ3v) is 9.56. The van der Waals surface area contributed by atoms with E-state index < -0.39 is 15.5 Å². The molecule has 0 unspecified atom stereocenters. The molecule has 0 atom stereocenters. The molecule has 2 aliphatic carbocycles. The normalized spacial score (nSPS) is 21.6. The van der Waals surface area contributed by atoms with Gasteiger partial charge in [-0.1, -0.05) is 0 Å². The van der Waals surface area contributed by atoms with E-state index in [1.165, 1.54) is 8.17 Å². The van der Waals surface area contributed by atoms with Gasteiger partial charge in [-0.2, -0.15) is 0 Å². The van der Waals surface area contributed by atoms with Gasteiger partial charge in [0.1, 0.15) is 0 Å². The zero-order valence-electron chi connectivity index (χ0n) is 8.00. The van der Waals surface area contributed by atoms with Crippen LogP contribution in [0.4, 0.5) is 0 Å². The Morgan fingerprint density at radius 2 is 1.36 bits per heavy atom. The molecule has 0 nitrogen and oxygen atoms in total. The quantitative estimate of drug-likeness (QED) is 0.624. The fraction of sp³-hybridized carbons (Fsp3) is 0.333. The van der Waals surface area contributed by atoms with E-state index in [2.05, 4.69) is 36.5 Å². The van der Waals surface area contributed by atoms with Crippen LogP contribution in [0.5, 0.6) is 0 Å². The zero-order valence-corrected chi connectivity index (χ0v) is 11.2. The van der Waals surface area contributed by atoms with Crippen molar-refractivity contribution in [3.05, 3.63) is 44.6 Å². The van der Waals surface area contributed by atoms with Crippen LogP contribution < -0.4 is 0 Å². The molecule has 2 rings (SSSR count). The molecule has 2 heteroatoms. The molecule has 0 bridgehead atoms. The topological polar surface area (TPSA) is 0 Å². The molecule has 0 aromatic rings. The van der Waals surface area contributed by atoms with Crippen molar-refractivity contribution in [1.82, 2.24) is 0 Å². The van der Waals surface area contributed by atoms with Crippen LogP contribution in [-0.2, 0) is 15.5 Å². The van der Waals surface area contributed by atoms with E-state index in [1.54, 1.807) is 0 Å². The molecule has 78 valence electrons. The third kappa shape index (κ3) is 2.47. The average Bonchev–Trinajstić information content (AvgIpc) is 2.30. The van der Waals surface area contributed by atoms with Crippen LogP contribution in [-0.4, -0.2) is 0 Å². The van der Waals surface area contributed by atoms with Gasteiger partial charge in [0.25, 0.3) is 0 Å². The maximum atomic E-state index is 6.60. The minimum atomic E-state index is -1.55. The van der Waals surface area contributed by atoms with Crippen molar-refractivity contribution in [3.8, 4) is 0 Å². The summed E-state index contributed by atoms with van der Waals surface area (Å²) in [6.45, 7) is 0. The van der Waals surface area contributed by atoms with Crippen molar-refractivity contribution in [2.45, 2.75) is 25.7 Å². The van der Waals surface area contributed by atoms with Crippen LogP contribution in [0.1, 0.15) is 25.7 Å². The predicted molar refractivity (Wildman–Crippen MR) is 58.8 cm³/mol. The Hall–Kier alpha value is -0.101. The molecule has 14 heavy (non-hydrogen) atoms. The Bertz CT molecular complexity index is 291. The van der Waals surface area contributed by atoms with Crippen LogP contribution in [0, 0.1) is 0 Å². The molecular weight excluding hydrogens is 372 g/mol. The third-order valence-electron chi connectivity index (χ3n) is 2.25. The van der Waals surface area contributed by atoms with Gasteiger partial charge < -0.3 is 0 Å². The SMILES string of the molecule is [Cl][Ir]([C]1=CCC=CC1)[C]1=CCC=CC1. The standard InChI is InChI=1S/2C6H7.ClH.Ir/c2*1-2-4-6-5-3-1;;/h2*1-2,5H,3-4H2;1H;/q;;;+1/p-1. The van der Waals surface area contributed by atoms with Crippen molar-refractivity contribution in [3.63, 3.8) is 0 Å². The summed E-state index contributed by atoms with van der Waals surface area (Å²) in [4.78, 5) is 0. The van der Waals surface area contributed by atoms with E-state index >= 15 is 0 Å². The van der Waals surface area contributed by atoms with E-state index in [0.717, 1.165) is 25.7 Å². The molecule has 0 spiro atoms. The summed E-state index contributed by atoms with van der Waals surface area (Å²) in [7, 11) is 6.60. The van der Waals surface area contributed by atoms with Gasteiger partial charge >= 0.3 is 95.4 Å². The summed E-state index contributed by atoms with van der Waals surface area (Å²) >= 11 is -1.55. The van der Waals surface area contributed by atoms with Crippen molar-refractivity contribution in [2.75, 3.05) is 0 Å². The number of hydrogen-bond donors (Lipinski definition) is 0. The van der Waals surface area contributed by atoms with Crippen LogP contribution in [0.25, 0.3) is 0 Å². The monoisotopic (exact) mass is 386 g/mol.